The number of hydrogen-bond acceptors (Lipinski definition) is 5. The van der Waals surface area contributed by atoms with Gasteiger partial charge in [0.2, 0.25) is 15.9 Å². The molecule has 0 unspecified atom stereocenters. The zero-order valence-electron chi connectivity index (χ0n) is 15.3. The molecule has 0 saturated heterocycles. The van der Waals surface area contributed by atoms with Crippen LogP contribution in [0.15, 0.2) is 42.5 Å². The van der Waals surface area contributed by atoms with Crippen molar-refractivity contribution in [1.82, 2.24) is 5.32 Å². The topological polar surface area (TPSA) is 114 Å². The fourth-order valence-electron chi connectivity index (χ4n) is 2.81. The second kappa shape index (κ2) is 8.30. The number of hydrogen-bond donors (Lipinski definition) is 3. The van der Waals surface area contributed by atoms with Crippen LogP contribution in [0, 0.1) is 0 Å². The first-order chi connectivity index (χ1) is 13.3. The molecule has 0 fully saturated rings. The smallest absolute Gasteiger partial charge is 0.258 e. The molecule has 0 aromatic heterocycles. The number of benzene rings is 2. The van der Waals surface area contributed by atoms with Crippen molar-refractivity contribution in [3.8, 4) is 5.75 Å². The molecular formula is C19H21N3O5S. The van der Waals surface area contributed by atoms with Gasteiger partial charge in [0.25, 0.3) is 5.91 Å². The van der Waals surface area contributed by atoms with Gasteiger partial charge in [-0.3, -0.25) is 14.3 Å². The number of rotatable bonds is 7. The molecule has 0 saturated carbocycles. The monoisotopic (exact) mass is 403 g/mol. The Bertz CT molecular complexity index is 1000. The van der Waals surface area contributed by atoms with Gasteiger partial charge in [-0.1, -0.05) is 12.1 Å². The minimum atomic E-state index is -3.35. The Labute approximate surface area is 163 Å². The van der Waals surface area contributed by atoms with Gasteiger partial charge in [0, 0.05) is 24.3 Å². The van der Waals surface area contributed by atoms with Crippen molar-refractivity contribution in [3.05, 3.63) is 53.6 Å². The molecule has 0 aliphatic carbocycles. The van der Waals surface area contributed by atoms with E-state index >= 15 is 0 Å². The van der Waals surface area contributed by atoms with Crippen molar-refractivity contribution in [2.24, 2.45) is 0 Å². The average molecular weight is 403 g/mol. The SMILES string of the molecule is CS(=O)(=O)Nc1cccc(CNC(=O)COc2ccc3c(c2)CCC(=O)N3)c1. The lowest BCUT2D eigenvalue weighted by molar-refractivity contribution is -0.123. The Kier molecular flexibility index (Phi) is 5.84. The first-order valence-corrected chi connectivity index (χ1v) is 10.6. The summed E-state index contributed by atoms with van der Waals surface area (Å²) in [5, 5.41) is 5.52. The minimum absolute atomic E-state index is 0.00338. The van der Waals surface area contributed by atoms with E-state index in [1.807, 2.05) is 6.07 Å². The Balaban J connectivity index is 1.50. The quantitative estimate of drug-likeness (QED) is 0.650. The number of anilines is 2. The molecule has 1 aliphatic rings. The zero-order chi connectivity index (χ0) is 20.1. The van der Waals surface area contributed by atoms with Crippen LogP contribution in [0.25, 0.3) is 0 Å². The molecule has 9 heteroatoms. The van der Waals surface area contributed by atoms with Gasteiger partial charge in [-0.15, -0.1) is 0 Å². The second-order valence-corrected chi connectivity index (χ2v) is 8.26. The van der Waals surface area contributed by atoms with Crippen molar-refractivity contribution in [3.63, 3.8) is 0 Å². The lowest BCUT2D eigenvalue weighted by atomic mass is 10.0. The minimum Gasteiger partial charge on any atom is -0.484 e. The van der Waals surface area contributed by atoms with Crippen LogP contribution in [0.4, 0.5) is 11.4 Å². The van der Waals surface area contributed by atoms with Crippen LogP contribution in [0.2, 0.25) is 0 Å². The van der Waals surface area contributed by atoms with Crippen molar-refractivity contribution in [1.29, 1.82) is 0 Å². The lowest BCUT2D eigenvalue weighted by Crippen LogP contribution is -2.28. The summed E-state index contributed by atoms with van der Waals surface area (Å²) in [6.07, 6.45) is 2.15. The molecule has 1 aliphatic heterocycles. The van der Waals surface area contributed by atoms with Gasteiger partial charge in [-0.2, -0.15) is 0 Å². The molecule has 2 amide bonds. The number of sulfonamides is 1. The summed E-state index contributed by atoms with van der Waals surface area (Å²) < 4.78 is 30.5. The summed E-state index contributed by atoms with van der Waals surface area (Å²) in [4.78, 5) is 23.4. The Morgan fingerprint density at radius 3 is 2.79 bits per heavy atom. The van der Waals surface area contributed by atoms with Crippen molar-refractivity contribution in [2.75, 3.05) is 22.9 Å². The van der Waals surface area contributed by atoms with E-state index in [-0.39, 0.29) is 25.0 Å². The van der Waals surface area contributed by atoms with Crippen molar-refractivity contribution < 1.29 is 22.7 Å². The van der Waals surface area contributed by atoms with E-state index in [1.54, 1.807) is 36.4 Å². The van der Waals surface area contributed by atoms with Crippen LogP contribution < -0.4 is 20.1 Å². The van der Waals surface area contributed by atoms with Crippen molar-refractivity contribution >= 4 is 33.2 Å². The summed E-state index contributed by atoms with van der Waals surface area (Å²) in [5.74, 6) is 0.258. The number of ether oxygens (including phenoxy) is 1. The number of carbonyl (C=O) groups excluding carboxylic acids is 2. The van der Waals surface area contributed by atoms with Crippen LogP contribution in [-0.2, 0) is 32.6 Å². The van der Waals surface area contributed by atoms with Gasteiger partial charge >= 0.3 is 0 Å². The molecule has 0 spiro atoms. The summed E-state index contributed by atoms with van der Waals surface area (Å²) in [6, 6.07) is 12.1. The van der Waals surface area contributed by atoms with Gasteiger partial charge in [0.15, 0.2) is 6.61 Å². The average Bonchev–Trinajstić information content (AvgIpc) is 2.63. The molecule has 0 atom stereocenters. The zero-order valence-corrected chi connectivity index (χ0v) is 16.1. The fraction of sp³-hybridized carbons (Fsp3) is 0.263. The number of nitrogens with one attached hydrogen (secondary N) is 3. The van der Waals surface area contributed by atoms with Crippen LogP contribution in [0.5, 0.6) is 5.75 Å². The largest absolute Gasteiger partial charge is 0.484 e. The van der Waals surface area contributed by atoms with Crippen LogP contribution >= 0.6 is 0 Å². The van der Waals surface area contributed by atoms with Crippen LogP contribution in [-0.4, -0.2) is 33.1 Å². The predicted octanol–water partition coefficient (Wildman–Crippen LogP) is 1.64. The van der Waals surface area contributed by atoms with Crippen molar-refractivity contribution in [2.45, 2.75) is 19.4 Å². The van der Waals surface area contributed by atoms with E-state index < -0.39 is 10.0 Å². The van der Waals surface area contributed by atoms with Gasteiger partial charge in [0.1, 0.15) is 5.75 Å². The maximum atomic E-state index is 12.0. The van der Waals surface area contributed by atoms with Gasteiger partial charge in [0.05, 0.1) is 6.26 Å². The number of aryl methyl sites for hydroxylation is 1. The van der Waals surface area contributed by atoms with Gasteiger partial charge in [-0.05, 0) is 47.9 Å². The molecule has 2 aromatic rings. The molecule has 148 valence electrons. The third-order valence-corrected chi connectivity index (χ3v) is 4.67. The van der Waals surface area contributed by atoms with E-state index in [1.165, 1.54) is 0 Å². The van der Waals surface area contributed by atoms with E-state index in [9.17, 15) is 18.0 Å². The molecule has 3 N–H and O–H groups in total. The molecule has 1 heterocycles. The van der Waals surface area contributed by atoms with Crippen LogP contribution in [0.3, 0.4) is 0 Å². The van der Waals surface area contributed by atoms with E-state index in [0.717, 1.165) is 23.1 Å². The standard InChI is InChI=1S/C19H21N3O5S/c1-28(25,26)22-15-4-2-3-13(9-15)11-20-19(24)12-27-16-6-7-17-14(10-16)5-8-18(23)21-17/h2-4,6-7,9-10,22H,5,8,11-12H2,1H3,(H,20,24)(H,21,23). The molecular weight excluding hydrogens is 382 g/mol. The summed E-state index contributed by atoms with van der Waals surface area (Å²) in [7, 11) is -3.35. The first-order valence-electron chi connectivity index (χ1n) is 8.67. The van der Waals surface area contributed by atoms with Crippen LogP contribution in [0.1, 0.15) is 17.5 Å². The number of carbonyl (C=O) groups is 2. The summed E-state index contributed by atoms with van der Waals surface area (Å²) >= 11 is 0. The lowest BCUT2D eigenvalue weighted by Gasteiger charge is -2.17. The highest BCUT2D eigenvalue weighted by Crippen LogP contribution is 2.26. The normalized spacial score (nSPS) is 13.2. The Hall–Kier alpha value is -3.07. The molecule has 3 rings (SSSR count). The second-order valence-electron chi connectivity index (χ2n) is 6.51. The number of amides is 2. The van der Waals surface area contributed by atoms with Gasteiger partial charge in [-0.25, -0.2) is 8.42 Å². The van der Waals surface area contributed by atoms with E-state index in [2.05, 4.69) is 15.4 Å². The predicted molar refractivity (Wildman–Crippen MR) is 106 cm³/mol. The molecule has 2 aromatic carbocycles. The fourth-order valence-corrected chi connectivity index (χ4v) is 3.36. The Morgan fingerprint density at radius 1 is 1.18 bits per heavy atom. The maximum absolute atomic E-state index is 12.0. The number of fused-ring (bicyclic) bond motifs is 1. The van der Waals surface area contributed by atoms with E-state index in [0.29, 0.717) is 24.3 Å². The van der Waals surface area contributed by atoms with Gasteiger partial charge < -0.3 is 15.4 Å². The van der Waals surface area contributed by atoms with E-state index in [4.69, 9.17) is 4.74 Å². The first kappa shape index (κ1) is 19.7. The highest BCUT2D eigenvalue weighted by atomic mass is 32.2. The molecule has 28 heavy (non-hydrogen) atoms. The third-order valence-electron chi connectivity index (χ3n) is 4.06. The summed E-state index contributed by atoms with van der Waals surface area (Å²) in [6.45, 7) is 0.101. The third kappa shape index (κ3) is 5.71. The summed E-state index contributed by atoms with van der Waals surface area (Å²) in [5.41, 5.74) is 2.95. The molecule has 0 radical (unpaired) electrons. The Morgan fingerprint density at radius 2 is 2.00 bits per heavy atom. The molecule has 0 bridgehead atoms. The highest BCUT2D eigenvalue weighted by Gasteiger charge is 2.15. The highest BCUT2D eigenvalue weighted by molar-refractivity contribution is 7.92. The maximum Gasteiger partial charge on any atom is 0.258 e. The molecule has 8 nitrogen and oxygen atoms in total.